The summed E-state index contributed by atoms with van der Waals surface area (Å²) >= 11 is 0. The highest BCUT2D eigenvalue weighted by Gasteiger charge is 2.41. The molecule has 0 aliphatic heterocycles. The Balaban J connectivity index is 2.50. The van der Waals surface area contributed by atoms with Gasteiger partial charge in [0.2, 0.25) is 5.91 Å². The summed E-state index contributed by atoms with van der Waals surface area (Å²) < 4.78 is 0. The summed E-state index contributed by atoms with van der Waals surface area (Å²) in [5, 5.41) is 20.9. The summed E-state index contributed by atoms with van der Waals surface area (Å²) in [5.74, 6) is -1.42. The highest BCUT2D eigenvalue weighted by Crippen LogP contribution is 2.36. The van der Waals surface area contributed by atoms with Crippen molar-refractivity contribution in [2.24, 2.45) is 23.7 Å². The number of carboxylic acid groups (broad SMARTS) is 1. The van der Waals surface area contributed by atoms with Gasteiger partial charge in [0.15, 0.2) is 0 Å². The first-order chi connectivity index (χ1) is 8.99. The number of rotatable bonds is 7. The van der Waals surface area contributed by atoms with Crippen LogP contribution in [0.25, 0.3) is 0 Å². The molecule has 3 N–H and O–H groups in total. The van der Waals surface area contributed by atoms with Crippen molar-refractivity contribution in [2.75, 3.05) is 13.2 Å². The van der Waals surface area contributed by atoms with Crippen LogP contribution in [0.15, 0.2) is 0 Å². The molecule has 0 aromatic heterocycles. The summed E-state index contributed by atoms with van der Waals surface area (Å²) in [7, 11) is 0. The second-order valence-electron chi connectivity index (χ2n) is 5.66. The Bertz CT molecular complexity index is 319. The van der Waals surface area contributed by atoms with Crippen molar-refractivity contribution in [3.8, 4) is 0 Å². The molecule has 0 aromatic carbocycles. The van der Waals surface area contributed by atoms with Gasteiger partial charge in [-0.2, -0.15) is 0 Å². The second-order valence-corrected chi connectivity index (χ2v) is 5.66. The first-order valence-electron chi connectivity index (χ1n) is 7.10. The zero-order valence-corrected chi connectivity index (χ0v) is 11.8. The normalized spacial score (nSPS) is 28.1. The summed E-state index contributed by atoms with van der Waals surface area (Å²) in [6, 6.07) is 0. The van der Waals surface area contributed by atoms with Gasteiger partial charge in [-0.15, -0.1) is 0 Å². The van der Waals surface area contributed by atoms with Gasteiger partial charge in [0.1, 0.15) is 0 Å². The molecule has 1 aliphatic rings. The van der Waals surface area contributed by atoms with Gasteiger partial charge in [-0.1, -0.05) is 20.3 Å². The van der Waals surface area contributed by atoms with Gasteiger partial charge in [-0.3, -0.25) is 9.59 Å². The van der Waals surface area contributed by atoms with Gasteiger partial charge in [0, 0.05) is 13.2 Å². The number of aliphatic hydroxyl groups excluding tert-OH is 1. The molecule has 0 spiro atoms. The lowest BCUT2D eigenvalue weighted by Gasteiger charge is -2.19. The topological polar surface area (TPSA) is 86.6 Å². The van der Waals surface area contributed by atoms with Crippen LogP contribution in [0, 0.1) is 23.7 Å². The predicted molar refractivity (Wildman–Crippen MR) is 71.5 cm³/mol. The molecule has 110 valence electrons. The van der Waals surface area contributed by atoms with Gasteiger partial charge in [0.05, 0.1) is 11.8 Å². The molecule has 1 amide bonds. The molecule has 4 atom stereocenters. The van der Waals surface area contributed by atoms with E-state index in [1.807, 2.05) is 13.8 Å². The number of aliphatic hydroxyl groups is 1. The number of carbonyl (C=O) groups excluding carboxylic acids is 1. The summed E-state index contributed by atoms with van der Waals surface area (Å²) in [4.78, 5) is 23.2. The maximum absolute atomic E-state index is 12.1. The van der Waals surface area contributed by atoms with E-state index in [-0.39, 0.29) is 24.3 Å². The fraction of sp³-hybridized carbons (Fsp3) is 0.857. The van der Waals surface area contributed by atoms with E-state index in [1.165, 1.54) is 0 Å². The maximum atomic E-state index is 12.1. The molecule has 19 heavy (non-hydrogen) atoms. The van der Waals surface area contributed by atoms with Crippen LogP contribution in [0.4, 0.5) is 0 Å². The van der Waals surface area contributed by atoms with E-state index in [2.05, 4.69) is 5.32 Å². The highest BCUT2D eigenvalue weighted by atomic mass is 16.4. The first-order valence-corrected chi connectivity index (χ1v) is 7.10. The lowest BCUT2D eigenvalue weighted by atomic mass is 9.95. The lowest BCUT2D eigenvalue weighted by molar-refractivity contribution is -0.146. The van der Waals surface area contributed by atoms with Crippen molar-refractivity contribution < 1.29 is 19.8 Å². The van der Waals surface area contributed by atoms with E-state index in [4.69, 9.17) is 10.2 Å². The molecule has 5 heteroatoms. The van der Waals surface area contributed by atoms with Crippen LogP contribution in [0.1, 0.15) is 39.5 Å². The molecule has 0 aromatic rings. The SMILES string of the molecule is CCC(CCO)CNC(=O)C1CC(C)CC1C(=O)O. The molecule has 0 saturated heterocycles. The van der Waals surface area contributed by atoms with Crippen molar-refractivity contribution in [1.82, 2.24) is 5.32 Å². The fourth-order valence-corrected chi connectivity index (χ4v) is 2.86. The smallest absolute Gasteiger partial charge is 0.307 e. The van der Waals surface area contributed by atoms with E-state index in [9.17, 15) is 9.59 Å². The van der Waals surface area contributed by atoms with Gasteiger partial charge in [-0.25, -0.2) is 0 Å². The third-order valence-corrected chi connectivity index (χ3v) is 4.13. The molecular weight excluding hydrogens is 246 g/mol. The van der Waals surface area contributed by atoms with Gasteiger partial charge >= 0.3 is 5.97 Å². The number of hydrogen-bond acceptors (Lipinski definition) is 3. The predicted octanol–water partition coefficient (Wildman–Crippen LogP) is 1.26. The van der Waals surface area contributed by atoms with Crippen LogP contribution >= 0.6 is 0 Å². The van der Waals surface area contributed by atoms with Gasteiger partial charge < -0.3 is 15.5 Å². The van der Waals surface area contributed by atoms with Gasteiger partial charge in [0.25, 0.3) is 0 Å². The third-order valence-electron chi connectivity index (χ3n) is 4.13. The highest BCUT2D eigenvalue weighted by molar-refractivity contribution is 5.85. The number of amides is 1. The summed E-state index contributed by atoms with van der Waals surface area (Å²) in [6.45, 7) is 4.65. The van der Waals surface area contributed by atoms with Crippen molar-refractivity contribution >= 4 is 11.9 Å². The molecule has 0 radical (unpaired) electrons. The van der Waals surface area contributed by atoms with E-state index in [0.29, 0.717) is 25.8 Å². The molecule has 0 bridgehead atoms. The summed E-state index contributed by atoms with van der Waals surface area (Å²) in [6.07, 6.45) is 2.80. The molecule has 1 aliphatic carbocycles. The third kappa shape index (κ3) is 4.49. The standard InChI is InChI=1S/C14H25NO4/c1-3-10(4-5-16)8-15-13(17)11-6-9(2)7-12(11)14(18)19/h9-12,16H,3-8H2,1-2H3,(H,15,17)(H,18,19). The quantitative estimate of drug-likeness (QED) is 0.650. The van der Waals surface area contributed by atoms with Gasteiger partial charge in [-0.05, 0) is 31.1 Å². The van der Waals surface area contributed by atoms with E-state index >= 15 is 0 Å². The van der Waals surface area contributed by atoms with Crippen LogP contribution in [0.2, 0.25) is 0 Å². The summed E-state index contributed by atoms with van der Waals surface area (Å²) in [5.41, 5.74) is 0. The van der Waals surface area contributed by atoms with E-state index in [0.717, 1.165) is 6.42 Å². The van der Waals surface area contributed by atoms with Crippen molar-refractivity contribution in [2.45, 2.75) is 39.5 Å². The van der Waals surface area contributed by atoms with Crippen LogP contribution in [-0.4, -0.2) is 35.2 Å². The van der Waals surface area contributed by atoms with E-state index in [1.54, 1.807) is 0 Å². The molecule has 1 fully saturated rings. The van der Waals surface area contributed by atoms with Crippen LogP contribution in [-0.2, 0) is 9.59 Å². The molecular formula is C14H25NO4. The second kappa shape index (κ2) is 7.48. The molecule has 1 rings (SSSR count). The minimum Gasteiger partial charge on any atom is -0.481 e. The Morgan fingerprint density at radius 2 is 1.95 bits per heavy atom. The van der Waals surface area contributed by atoms with Crippen molar-refractivity contribution in [1.29, 1.82) is 0 Å². The Hall–Kier alpha value is -1.10. The Labute approximate surface area is 114 Å². The van der Waals surface area contributed by atoms with Crippen LogP contribution < -0.4 is 5.32 Å². The monoisotopic (exact) mass is 271 g/mol. The number of nitrogens with one attached hydrogen (secondary N) is 1. The Kier molecular flexibility index (Phi) is 6.28. The Morgan fingerprint density at radius 3 is 2.47 bits per heavy atom. The zero-order valence-electron chi connectivity index (χ0n) is 11.8. The zero-order chi connectivity index (χ0) is 14.4. The maximum Gasteiger partial charge on any atom is 0.307 e. The molecule has 4 unspecified atom stereocenters. The molecule has 1 saturated carbocycles. The molecule has 0 heterocycles. The molecule has 5 nitrogen and oxygen atoms in total. The number of carbonyl (C=O) groups is 2. The number of aliphatic carboxylic acids is 1. The number of hydrogen-bond donors (Lipinski definition) is 3. The number of carboxylic acids is 1. The van der Waals surface area contributed by atoms with Crippen molar-refractivity contribution in [3.63, 3.8) is 0 Å². The first kappa shape index (κ1) is 16.0. The fourth-order valence-electron chi connectivity index (χ4n) is 2.86. The van der Waals surface area contributed by atoms with Crippen LogP contribution in [0.3, 0.4) is 0 Å². The van der Waals surface area contributed by atoms with Crippen LogP contribution in [0.5, 0.6) is 0 Å². The average molecular weight is 271 g/mol. The minimum atomic E-state index is -0.869. The largest absolute Gasteiger partial charge is 0.481 e. The average Bonchev–Trinajstić information content (AvgIpc) is 2.76. The lowest BCUT2D eigenvalue weighted by Crippen LogP contribution is -2.37. The van der Waals surface area contributed by atoms with Crippen molar-refractivity contribution in [3.05, 3.63) is 0 Å². The van der Waals surface area contributed by atoms with E-state index < -0.39 is 17.8 Å². The minimum absolute atomic E-state index is 0.118. The Morgan fingerprint density at radius 1 is 1.32 bits per heavy atom.